The summed E-state index contributed by atoms with van der Waals surface area (Å²) in [6.45, 7) is 0.0159. The molecule has 0 aromatic carbocycles. The van der Waals surface area contributed by atoms with E-state index >= 15 is 0 Å². The third-order valence-corrected chi connectivity index (χ3v) is 3.26. The molecule has 122 valence electrons. The van der Waals surface area contributed by atoms with Gasteiger partial charge in [-0.05, 0) is 30.3 Å². The van der Waals surface area contributed by atoms with Crippen molar-refractivity contribution < 1.29 is 18.0 Å². The van der Waals surface area contributed by atoms with E-state index in [4.69, 9.17) is 0 Å². The maximum Gasteiger partial charge on any atom is 0.434 e. The van der Waals surface area contributed by atoms with Crippen LogP contribution in [0.1, 0.15) is 21.7 Å². The molecule has 0 atom stereocenters. The maximum absolute atomic E-state index is 13.2. The fourth-order valence-electron chi connectivity index (χ4n) is 2.16. The second-order valence-electron chi connectivity index (χ2n) is 4.94. The summed E-state index contributed by atoms with van der Waals surface area (Å²) >= 11 is 0. The molecule has 3 rings (SSSR count). The monoisotopic (exact) mass is 332 g/mol. The molecule has 0 fully saturated rings. The molecule has 3 aromatic heterocycles. The quantitative estimate of drug-likeness (QED) is 0.801. The molecule has 1 amide bonds. The minimum atomic E-state index is -4.76. The van der Waals surface area contributed by atoms with Gasteiger partial charge in [-0.3, -0.25) is 9.78 Å². The lowest BCUT2D eigenvalue weighted by Crippen LogP contribution is -2.27. The molecular formula is C16H11F3N4O. The molecule has 3 aromatic rings. The molecule has 0 bridgehead atoms. The van der Waals surface area contributed by atoms with Crippen molar-refractivity contribution in [1.82, 2.24) is 20.3 Å². The summed E-state index contributed by atoms with van der Waals surface area (Å²) in [4.78, 5) is 23.5. The van der Waals surface area contributed by atoms with Gasteiger partial charge < -0.3 is 5.32 Å². The first-order chi connectivity index (χ1) is 11.4. The molecule has 0 aliphatic heterocycles. The van der Waals surface area contributed by atoms with Crippen molar-refractivity contribution in [1.29, 1.82) is 0 Å². The Morgan fingerprint density at radius 1 is 1.08 bits per heavy atom. The van der Waals surface area contributed by atoms with Crippen LogP contribution in [0.5, 0.6) is 0 Å². The molecule has 3 heterocycles. The number of nitrogens with zero attached hydrogens (tertiary/aromatic N) is 3. The number of pyridine rings is 3. The zero-order chi connectivity index (χ0) is 17.2. The molecule has 1 N–H and O–H groups in total. The number of rotatable bonds is 3. The van der Waals surface area contributed by atoms with E-state index in [1.807, 2.05) is 0 Å². The van der Waals surface area contributed by atoms with Gasteiger partial charge in [0.1, 0.15) is 0 Å². The van der Waals surface area contributed by atoms with Crippen LogP contribution in [0.3, 0.4) is 0 Å². The predicted molar refractivity (Wildman–Crippen MR) is 79.9 cm³/mol. The number of nitrogens with one attached hydrogen (secondary N) is 1. The van der Waals surface area contributed by atoms with E-state index in [2.05, 4.69) is 20.3 Å². The van der Waals surface area contributed by atoms with Crippen molar-refractivity contribution in [3.63, 3.8) is 0 Å². The second-order valence-corrected chi connectivity index (χ2v) is 4.94. The number of fused-ring (bicyclic) bond motifs is 1. The largest absolute Gasteiger partial charge is 0.434 e. The fraction of sp³-hybridized carbons (Fsp3) is 0.125. The van der Waals surface area contributed by atoms with E-state index in [1.165, 1.54) is 12.4 Å². The Kier molecular flexibility index (Phi) is 4.11. The summed E-state index contributed by atoms with van der Waals surface area (Å²) in [6, 6.07) is 9.34. The molecular weight excluding hydrogens is 321 g/mol. The molecule has 0 aliphatic carbocycles. The van der Waals surface area contributed by atoms with Gasteiger partial charge in [-0.1, -0.05) is 6.07 Å². The third kappa shape index (κ3) is 3.32. The Balaban J connectivity index is 1.95. The summed E-state index contributed by atoms with van der Waals surface area (Å²) in [5.74, 6) is -0.869. The first kappa shape index (κ1) is 15.9. The third-order valence-electron chi connectivity index (χ3n) is 3.26. The molecule has 0 saturated heterocycles. The van der Waals surface area contributed by atoms with Crippen molar-refractivity contribution in [3.8, 4) is 0 Å². The highest BCUT2D eigenvalue weighted by Gasteiger charge is 2.37. The van der Waals surface area contributed by atoms with Crippen LogP contribution in [-0.2, 0) is 12.7 Å². The Bertz CT molecular complexity index is 881. The molecule has 0 aliphatic rings. The summed E-state index contributed by atoms with van der Waals surface area (Å²) in [5, 5.41) is 2.79. The van der Waals surface area contributed by atoms with Crippen molar-refractivity contribution >= 4 is 16.9 Å². The van der Waals surface area contributed by atoms with E-state index < -0.39 is 23.3 Å². The number of aromatic nitrogens is 3. The first-order valence-electron chi connectivity index (χ1n) is 6.96. The average molecular weight is 332 g/mol. The van der Waals surface area contributed by atoms with Crippen LogP contribution in [0.4, 0.5) is 13.2 Å². The summed E-state index contributed by atoms with van der Waals surface area (Å²) < 4.78 is 39.7. The van der Waals surface area contributed by atoms with Gasteiger partial charge in [-0.25, -0.2) is 9.97 Å². The van der Waals surface area contributed by atoms with E-state index in [0.717, 1.165) is 6.07 Å². The average Bonchev–Trinajstić information content (AvgIpc) is 2.58. The summed E-state index contributed by atoms with van der Waals surface area (Å²) in [6.07, 6.45) is -1.88. The smallest absolute Gasteiger partial charge is 0.346 e. The minimum Gasteiger partial charge on any atom is -0.346 e. The lowest BCUT2D eigenvalue weighted by atomic mass is 10.1. The van der Waals surface area contributed by atoms with E-state index in [1.54, 1.807) is 30.3 Å². The Hall–Kier alpha value is -3.03. The van der Waals surface area contributed by atoms with Gasteiger partial charge in [0.05, 0.1) is 17.8 Å². The molecule has 8 heteroatoms. The van der Waals surface area contributed by atoms with Crippen LogP contribution in [-0.4, -0.2) is 20.9 Å². The molecule has 0 unspecified atom stereocenters. The van der Waals surface area contributed by atoms with Gasteiger partial charge in [0, 0.05) is 17.8 Å². The zero-order valence-electron chi connectivity index (χ0n) is 12.2. The van der Waals surface area contributed by atoms with Crippen molar-refractivity contribution in [3.05, 3.63) is 65.7 Å². The number of halogens is 3. The highest BCUT2D eigenvalue weighted by molar-refractivity contribution is 5.98. The number of amides is 1. The van der Waals surface area contributed by atoms with Crippen LogP contribution in [0.2, 0.25) is 0 Å². The minimum absolute atomic E-state index is 0.0159. The second kappa shape index (κ2) is 6.23. The fourth-order valence-corrected chi connectivity index (χ4v) is 2.16. The predicted octanol–water partition coefficient (Wildman–Crippen LogP) is 2.97. The van der Waals surface area contributed by atoms with Crippen LogP contribution in [0, 0.1) is 0 Å². The molecule has 0 spiro atoms. The zero-order valence-corrected chi connectivity index (χ0v) is 12.2. The van der Waals surface area contributed by atoms with E-state index in [0.29, 0.717) is 11.1 Å². The number of hydrogen-bond donors (Lipinski definition) is 1. The van der Waals surface area contributed by atoms with Gasteiger partial charge in [0.15, 0.2) is 11.3 Å². The van der Waals surface area contributed by atoms with Gasteiger partial charge in [0.25, 0.3) is 5.91 Å². The highest BCUT2D eigenvalue weighted by Crippen LogP contribution is 2.32. The summed E-state index contributed by atoms with van der Waals surface area (Å²) in [7, 11) is 0. The van der Waals surface area contributed by atoms with Crippen molar-refractivity contribution in [2.75, 3.05) is 0 Å². The standard InChI is InChI=1S/C16H11F3N4O/c17-16(18,19)13-12(8-10-4-3-7-21-14(10)23-13)15(24)22-9-11-5-1-2-6-20-11/h1-8H,9H2,(H,22,24). The Labute approximate surface area is 134 Å². The number of alkyl halides is 3. The molecule has 24 heavy (non-hydrogen) atoms. The number of hydrogen-bond acceptors (Lipinski definition) is 4. The molecule has 0 radical (unpaired) electrons. The topological polar surface area (TPSA) is 67.8 Å². The van der Waals surface area contributed by atoms with Gasteiger partial charge in [-0.2, -0.15) is 13.2 Å². The molecule has 5 nitrogen and oxygen atoms in total. The molecule has 0 saturated carbocycles. The number of carbonyl (C=O) groups is 1. The van der Waals surface area contributed by atoms with Crippen LogP contribution in [0.15, 0.2) is 48.8 Å². The van der Waals surface area contributed by atoms with Crippen molar-refractivity contribution in [2.45, 2.75) is 12.7 Å². The van der Waals surface area contributed by atoms with Crippen molar-refractivity contribution in [2.24, 2.45) is 0 Å². The van der Waals surface area contributed by atoms with Crippen LogP contribution in [0.25, 0.3) is 11.0 Å². The lowest BCUT2D eigenvalue weighted by molar-refractivity contribution is -0.141. The number of carbonyl (C=O) groups excluding carboxylic acids is 1. The van der Waals surface area contributed by atoms with E-state index in [-0.39, 0.29) is 12.2 Å². The van der Waals surface area contributed by atoms with E-state index in [9.17, 15) is 18.0 Å². The SMILES string of the molecule is O=C(NCc1ccccn1)c1cc2cccnc2nc1C(F)(F)F. The normalized spacial score (nSPS) is 11.5. The van der Waals surface area contributed by atoms with Crippen LogP contribution >= 0.6 is 0 Å². The van der Waals surface area contributed by atoms with Gasteiger partial charge in [-0.15, -0.1) is 0 Å². The Morgan fingerprint density at radius 3 is 2.58 bits per heavy atom. The lowest BCUT2D eigenvalue weighted by Gasteiger charge is -2.13. The van der Waals surface area contributed by atoms with Crippen LogP contribution < -0.4 is 5.32 Å². The summed E-state index contributed by atoms with van der Waals surface area (Å²) in [5.41, 5.74) is -1.33. The maximum atomic E-state index is 13.2. The Morgan fingerprint density at radius 2 is 1.88 bits per heavy atom. The highest BCUT2D eigenvalue weighted by atomic mass is 19.4. The first-order valence-corrected chi connectivity index (χ1v) is 6.96. The van der Waals surface area contributed by atoms with Gasteiger partial charge in [0.2, 0.25) is 0 Å². The van der Waals surface area contributed by atoms with Gasteiger partial charge >= 0.3 is 6.18 Å².